The zero-order chi connectivity index (χ0) is 15.2. The third-order valence-corrected chi connectivity index (χ3v) is 4.30. The molecule has 1 aromatic rings. The minimum absolute atomic E-state index is 0.100. The molecule has 1 N–H and O–H groups in total. The van der Waals surface area contributed by atoms with Crippen LogP contribution in [0.5, 0.6) is 0 Å². The molecular formula is C16H24ClN3O. The molecule has 1 unspecified atom stereocenters. The second kappa shape index (κ2) is 7.78. The van der Waals surface area contributed by atoms with Crippen LogP contribution < -0.4 is 5.32 Å². The van der Waals surface area contributed by atoms with Gasteiger partial charge in [0.1, 0.15) is 0 Å². The summed E-state index contributed by atoms with van der Waals surface area (Å²) >= 11 is 5.98. The van der Waals surface area contributed by atoms with Gasteiger partial charge in [0.2, 0.25) is 5.91 Å². The van der Waals surface area contributed by atoms with Gasteiger partial charge in [-0.25, -0.2) is 0 Å². The minimum atomic E-state index is 0.100. The summed E-state index contributed by atoms with van der Waals surface area (Å²) in [7, 11) is 2.15. The fourth-order valence-corrected chi connectivity index (χ4v) is 2.74. The second-order valence-corrected chi connectivity index (χ2v) is 6.00. The lowest BCUT2D eigenvalue weighted by atomic mass is 10.0. The summed E-state index contributed by atoms with van der Waals surface area (Å²) in [5.41, 5.74) is 1.21. The molecule has 1 aliphatic heterocycles. The molecule has 0 spiro atoms. The van der Waals surface area contributed by atoms with Crippen molar-refractivity contribution in [1.29, 1.82) is 0 Å². The first kappa shape index (κ1) is 16.3. The smallest absolute Gasteiger partial charge is 0.219 e. The maximum Gasteiger partial charge on any atom is 0.219 e. The number of rotatable bonds is 5. The molecule has 2 rings (SSSR count). The van der Waals surface area contributed by atoms with Crippen LogP contribution in [-0.4, -0.2) is 55.5 Å². The number of likely N-dealkylation sites (N-methyl/N-ethyl adjacent to an activating group) is 1. The molecule has 0 aromatic heterocycles. The molecule has 1 atom stereocenters. The lowest BCUT2D eigenvalue weighted by Crippen LogP contribution is -2.48. The van der Waals surface area contributed by atoms with Gasteiger partial charge in [0.05, 0.1) is 6.04 Å². The number of piperazine rings is 1. The number of carbonyl (C=O) groups is 1. The number of nitrogens with zero attached hydrogens (tertiary/aromatic N) is 2. The molecule has 4 nitrogen and oxygen atoms in total. The highest BCUT2D eigenvalue weighted by atomic mass is 35.5. The van der Waals surface area contributed by atoms with Crippen LogP contribution >= 0.6 is 11.6 Å². The highest BCUT2D eigenvalue weighted by molar-refractivity contribution is 6.30. The van der Waals surface area contributed by atoms with Gasteiger partial charge in [0.15, 0.2) is 0 Å². The van der Waals surface area contributed by atoms with E-state index >= 15 is 0 Å². The van der Waals surface area contributed by atoms with Crippen molar-refractivity contribution in [2.24, 2.45) is 0 Å². The lowest BCUT2D eigenvalue weighted by molar-refractivity contribution is -0.121. The van der Waals surface area contributed by atoms with E-state index in [9.17, 15) is 4.79 Å². The van der Waals surface area contributed by atoms with Crippen LogP contribution in [0.25, 0.3) is 0 Å². The van der Waals surface area contributed by atoms with E-state index in [-0.39, 0.29) is 11.9 Å². The molecule has 21 heavy (non-hydrogen) atoms. The third kappa shape index (κ3) is 4.70. The first-order valence-electron chi connectivity index (χ1n) is 7.55. The molecule has 1 heterocycles. The first-order valence-corrected chi connectivity index (χ1v) is 7.92. The monoisotopic (exact) mass is 309 g/mol. The molecule has 116 valence electrons. The topological polar surface area (TPSA) is 35.6 Å². The van der Waals surface area contributed by atoms with E-state index in [0.717, 1.165) is 31.2 Å². The minimum Gasteiger partial charge on any atom is -0.354 e. The summed E-state index contributed by atoms with van der Waals surface area (Å²) in [5.74, 6) is 0.100. The molecule has 1 amide bonds. The Morgan fingerprint density at radius 1 is 1.24 bits per heavy atom. The van der Waals surface area contributed by atoms with E-state index in [0.29, 0.717) is 13.0 Å². The number of carbonyl (C=O) groups excluding carboxylic acids is 1. The molecule has 5 heteroatoms. The number of hydrogen-bond donors (Lipinski definition) is 1. The first-order chi connectivity index (χ1) is 10.1. The standard InChI is InChI=1S/C16H24ClN3O/c1-3-16(21)18-12-15(13-4-6-14(17)7-5-13)20-10-8-19(2)9-11-20/h4-7,15H,3,8-12H2,1-2H3,(H,18,21). The van der Waals surface area contributed by atoms with Crippen molar-refractivity contribution in [1.82, 2.24) is 15.1 Å². The molecule has 1 saturated heterocycles. The number of nitrogens with one attached hydrogen (secondary N) is 1. The van der Waals surface area contributed by atoms with Gasteiger partial charge in [0.25, 0.3) is 0 Å². The summed E-state index contributed by atoms with van der Waals surface area (Å²) in [4.78, 5) is 16.4. The molecule has 0 aliphatic carbocycles. The highest BCUT2D eigenvalue weighted by Crippen LogP contribution is 2.23. The highest BCUT2D eigenvalue weighted by Gasteiger charge is 2.24. The second-order valence-electron chi connectivity index (χ2n) is 5.56. The van der Waals surface area contributed by atoms with Crippen molar-refractivity contribution >= 4 is 17.5 Å². The van der Waals surface area contributed by atoms with Gasteiger partial charge in [-0.1, -0.05) is 30.7 Å². The number of halogens is 1. The van der Waals surface area contributed by atoms with E-state index in [1.165, 1.54) is 5.56 Å². The molecule has 0 saturated carbocycles. The van der Waals surface area contributed by atoms with Crippen LogP contribution in [0.2, 0.25) is 5.02 Å². The van der Waals surface area contributed by atoms with Gasteiger partial charge in [0, 0.05) is 44.2 Å². The van der Waals surface area contributed by atoms with Crippen molar-refractivity contribution in [3.05, 3.63) is 34.9 Å². The summed E-state index contributed by atoms with van der Waals surface area (Å²) in [5, 5.41) is 3.77. The summed E-state index contributed by atoms with van der Waals surface area (Å²) < 4.78 is 0. The van der Waals surface area contributed by atoms with E-state index < -0.39 is 0 Å². The molecule has 1 aromatic carbocycles. The van der Waals surface area contributed by atoms with Crippen LogP contribution in [0.4, 0.5) is 0 Å². The Kier molecular flexibility index (Phi) is 6.03. The van der Waals surface area contributed by atoms with Crippen molar-refractivity contribution in [3.63, 3.8) is 0 Å². The van der Waals surface area contributed by atoms with Crippen molar-refractivity contribution < 1.29 is 4.79 Å². The van der Waals surface area contributed by atoms with Gasteiger partial charge >= 0.3 is 0 Å². The zero-order valence-corrected chi connectivity index (χ0v) is 13.6. The van der Waals surface area contributed by atoms with Gasteiger partial charge in [-0.3, -0.25) is 9.69 Å². The van der Waals surface area contributed by atoms with E-state index in [1.807, 2.05) is 19.1 Å². The maximum absolute atomic E-state index is 11.6. The normalized spacial score (nSPS) is 18.4. The van der Waals surface area contributed by atoms with Crippen LogP contribution in [0.3, 0.4) is 0 Å². The largest absolute Gasteiger partial charge is 0.354 e. The SMILES string of the molecule is CCC(=O)NCC(c1ccc(Cl)cc1)N1CCN(C)CC1. The van der Waals surface area contributed by atoms with Crippen LogP contribution in [0, 0.1) is 0 Å². The Morgan fingerprint density at radius 3 is 2.43 bits per heavy atom. The van der Waals surface area contributed by atoms with E-state index in [2.05, 4.69) is 34.3 Å². The molecule has 1 aliphatic rings. The predicted octanol–water partition coefficient (Wildman–Crippen LogP) is 2.15. The van der Waals surface area contributed by atoms with Gasteiger partial charge in [-0.15, -0.1) is 0 Å². The molecular weight excluding hydrogens is 286 g/mol. The Morgan fingerprint density at radius 2 is 1.86 bits per heavy atom. The Hall–Kier alpha value is -1.10. The van der Waals surface area contributed by atoms with E-state index in [4.69, 9.17) is 11.6 Å². The number of benzene rings is 1. The zero-order valence-electron chi connectivity index (χ0n) is 12.8. The quantitative estimate of drug-likeness (QED) is 0.905. The average Bonchev–Trinajstić information content (AvgIpc) is 2.50. The van der Waals surface area contributed by atoms with Crippen molar-refractivity contribution in [2.45, 2.75) is 19.4 Å². The summed E-state index contributed by atoms with van der Waals surface area (Å²) in [6, 6.07) is 8.17. The van der Waals surface area contributed by atoms with Crippen LogP contribution in [0.15, 0.2) is 24.3 Å². The number of amides is 1. The Bertz CT molecular complexity index is 455. The third-order valence-electron chi connectivity index (χ3n) is 4.05. The van der Waals surface area contributed by atoms with Crippen LogP contribution in [-0.2, 0) is 4.79 Å². The predicted molar refractivity (Wildman–Crippen MR) is 86.6 cm³/mol. The Balaban J connectivity index is 2.09. The lowest BCUT2D eigenvalue weighted by Gasteiger charge is -2.38. The van der Waals surface area contributed by atoms with Gasteiger partial charge < -0.3 is 10.2 Å². The molecule has 0 bridgehead atoms. The van der Waals surface area contributed by atoms with Crippen LogP contribution in [0.1, 0.15) is 24.9 Å². The number of hydrogen-bond acceptors (Lipinski definition) is 3. The fraction of sp³-hybridized carbons (Fsp3) is 0.562. The molecule has 0 radical (unpaired) electrons. The van der Waals surface area contributed by atoms with Gasteiger partial charge in [-0.2, -0.15) is 0 Å². The average molecular weight is 310 g/mol. The fourth-order valence-electron chi connectivity index (χ4n) is 2.61. The molecule has 1 fully saturated rings. The van der Waals surface area contributed by atoms with Crippen molar-refractivity contribution in [2.75, 3.05) is 39.8 Å². The maximum atomic E-state index is 11.6. The Labute approximate surface area is 132 Å². The summed E-state index contributed by atoms with van der Waals surface area (Å²) in [6.07, 6.45) is 0.524. The van der Waals surface area contributed by atoms with Gasteiger partial charge in [-0.05, 0) is 24.7 Å². The summed E-state index contributed by atoms with van der Waals surface area (Å²) in [6.45, 7) is 6.69. The van der Waals surface area contributed by atoms with E-state index in [1.54, 1.807) is 0 Å². The van der Waals surface area contributed by atoms with Crippen molar-refractivity contribution in [3.8, 4) is 0 Å².